The normalized spacial score (nSPS) is 10.7. The number of aromatic nitrogens is 1. The van der Waals surface area contributed by atoms with Crippen LogP contribution < -0.4 is 0 Å². The molecule has 0 amide bonds. The fraction of sp³-hybridized carbons (Fsp3) is 0.294. The number of aryl methyl sites for hydroxylation is 1. The Morgan fingerprint density at radius 1 is 1.11 bits per heavy atom. The van der Waals surface area contributed by atoms with Gasteiger partial charge in [0.05, 0.1) is 6.42 Å². The topological polar surface area (TPSA) is 30.0 Å². The SMILES string of the molecule is Cc1ccc(CC(=O)c2ccc(C(C)C)cc2)nc1. The summed E-state index contributed by atoms with van der Waals surface area (Å²) in [6.07, 6.45) is 2.16. The predicted octanol–water partition coefficient (Wildman–Crippen LogP) is 3.94. The monoisotopic (exact) mass is 253 g/mol. The highest BCUT2D eigenvalue weighted by atomic mass is 16.1. The highest BCUT2D eigenvalue weighted by Crippen LogP contribution is 2.15. The number of nitrogens with zero attached hydrogens (tertiary/aromatic N) is 1. The molecule has 0 spiro atoms. The van der Waals surface area contributed by atoms with Gasteiger partial charge in [-0.3, -0.25) is 9.78 Å². The van der Waals surface area contributed by atoms with Gasteiger partial charge in [-0.25, -0.2) is 0 Å². The van der Waals surface area contributed by atoms with Gasteiger partial charge in [0, 0.05) is 17.5 Å². The largest absolute Gasteiger partial charge is 0.294 e. The van der Waals surface area contributed by atoms with Gasteiger partial charge in [0.15, 0.2) is 5.78 Å². The third-order valence-corrected chi connectivity index (χ3v) is 3.21. The first-order valence-electron chi connectivity index (χ1n) is 6.61. The smallest absolute Gasteiger partial charge is 0.168 e. The summed E-state index contributed by atoms with van der Waals surface area (Å²) >= 11 is 0. The number of hydrogen-bond donors (Lipinski definition) is 0. The molecule has 0 aliphatic heterocycles. The third-order valence-electron chi connectivity index (χ3n) is 3.21. The molecule has 0 aliphatic rings. The molecule has 1 heterocycles. The lowest BCUT2D eigenvalue weighted by molar-refractivity contribution is 0.0992. The van der Waals surface area contributed by atoms with E-state index in [-0.39, 0.29) is 5.78 Å². The van der Waals surface area contributed by atoms with Crippen molar-refractivity contribution in [2.45, 2.75) is 33.1 Å². The first-order valence-corrected chi connectivity index (χ1v) is 6.61. The van der Waals surface area contributed by atoms with Gasteiger partial charge < -0.3 is 0 Å². The Hall–Kier alpha value is -1.96. The van der Waals surface area contributed by atoms with E-state index in [1.165, 1.54) is 5.56 Å². The number of Topliss-reactive ketones (excluding diaryl/α,β-unsaturated/α-hetero) is 1. The molecule has 0 saturated carbocycles. The standard InChI is InChI=1S/C17H19NO/c1-12(2)14-5-7-15(8-6-14)17(19)10-16-9-4-13(3)11-18-16/h4-9,11-12H,10H2,1-3H3. The molecule has 98 valence electrons. The summed E-state index contributed by atoms with van der Waals surface area (Å²) in [6, 6.07) is 11.8. The Kier molecular flexibility index (Phi) is 4.10. The number of benzene rings is 1. The van der Waals surface area contributed by atoms with E-state index in [4.69, 9.17) is 0 Å². The molecule has 2 nitrogen and oxygen atoms in total. The summed E-state index contributed by atoms with van der Waals surface area (Å²) < 4.78 is 0. The summed E-state index contributed by atoms with van der Waals surface area (Å²) in [5.74, 6) is 0.606. The maximum Gasteiger partial charge on any atom is 0.168 e. The van der Waals surface area contributed by atoms with Crippen molar-refractivity contribution in [1.29, 1.82) is 0 Å². The summed E-state index contributed by atoms with van der Waals surface area (Å²) in [7, 11) is 0. The van der Waals surface area contributed by atoms with Gasteiger partial charge in [0.2, 0.25) is 0 Å². The van der Waals surface area contributed by atoms with E-state index in [1.54, 1.807) is 6.20 Å². The van der Waals surface area contributed by atoms with Crippen molar-refractivity contribution >= 4 is 5.78 Å². The van der Waals surface area contributed by atoms with Crippen LogP contribution in [-0.2, 0) is 6.42 Å². The molecular weight excluding hydrogens is 234 g/mol. The zero-order chi connectivity index (χ0) is 13.8. The van der Waals surface area contributed by atoms with Crippen LogP contribution in [0.1, 0.15) is 46.9 Å². The lowest BCUT2D eigenvalue weighted by Gasteiger charge is -2.06. The lowest BCUT2D eigenvalue weighted by atomic mass is 9.99. The maximum absolute atomic E-state index is 12.1. The van der Waals surface area contributed by atoms with Gasteiger partial charge >= 0.3 is 0 Å². The summed E-state index contributed by atoms with van der Waals surface area (Å²) in [6.45, 7) is 6.28. The Labute approximate surface area is 114 Å². The zero-order valence-electron chi connectivity index (χ0n) is 11.7. The van der Waals surface area contributed by atoms with Crippen LogP contribution >= 0.6 is 0 Å². The Balaban J connectivity index is 2.09. The van der Waals surface area contributed by atoms with E-state index in [0.29, 0.717) is 12.3 Å². The van der Waals surface area contributed by atoms with E-state index >= 15 is 0 Å². The maximum atomic E-state index is 12.1. The van der Waals surface area contributed by atoms with Crippen molar-refractivity contribution in [2.75, 3.05) is 0 Å². The van der Waals surface area contributed by atoms with Crippen molar-refractivity contribution in [2.24, 2.45) is 0 Å². The van der Waals surface area contributed by atoms with Crippen molar-refractivity contribution < 1.29 is 4.79 Å². The third kappa shape index (κ3) is 3.50. The first-order chi connectivity index (χ1) is 9.06. The number of hydrogen-bond acceptors (Lipinski definition) is 2. The second-order valence-electron chi connectivity index (χ2n) is 5.20. The molecule has 0 saturated heterocycles. The van der Waals surface area contributed by atoms with Crippen LogP contribution in [0.2, 0.25) is 0 Å². The summed E-state index contributed by atoms with van der Waals surface area (Å²) in [5, 5.41) is 0. The highest BCUT2D eigenvalue weighted by Gasteiger charge is 2.08. The number of pyridine rings is 1. The van der Waals surface area contributed by atoms with Gasteiger partial charge in [-0.15, -0.1) is 0 Å². The second-order valence-corrected chi connectivity index (χ2v) is 5.20. The average molecular weight is 253 g/mol. The minimum atomic E-state index is 0.117. The minimum absolute atomic E-state index is 0.117. The van der Waals surface area contributed by atoms with Crippen molar-refractivity contribution in [3.8, 4) is 0 Å². The van der Waals surface area contributed by atoms with Crippen LogP contribution in [0.25, 0.3) is 0 Å². The summed E-state index contributed by atoms with van der Waals surface area (Å²) in [4.78, 5) is 16.4. The molecule has 0 aliphatic carbocycles. The van der Waals surface area contributed by atoms with Crippen molar-refractivity contribution in [1.82, 2.24) is 4.98 Å². The second kappa shape index (κ2) is 5.79. The Morgan fingerprint density at radius 2 is 1.79 bits per heavy atom. The van der Waals surface area contributed by atoms with Gasteiger partial charge in [0.1, 0.15) is 0 Å². The highest BCUT2D eigenvalue weighted by molar-refractivity contribution is 5.97. The minimum Gasteiger partial charge on any atom is -0.294 e. The van der Waals surface area contributed by atoms with E-state index in [0.717, 1.165) is 16.8 Å². The van der Waals surface area contributed by atoms with Crippen LogP contribution in [0.3, 0.4) is 0 Å². The number of carbonyl (C=O) groups is 1. The molecule has 19 heavy (non-hydrogen) atoms. The molecule has 2 heteroatoms. The van der Waals surface area contributed by atoms with Crippen molar-refractivity contribution in [3.63, 3.8) is 0 Å². The van der Waals surface area contributed by atoms with E-state index in [9.17, 15) is 4.79 Å². The van der Waals surface area contributed by atoms with Crippen LogP contribution in [0.5, 0.6) is 0 Å². The molecule has 2 aromatic rings. The molecule has 0 fully saturated rings. The summed E-state index contributed by atoms with van der Waals surface area (Å²) in [5.41, 5.74) is 3.94. The molecule has 0 radical (unpaired) electrons. The van der Waals surface area contributed by atoms with Gasteiger partial charge in [-0.2, -0.15) is 0 Å². The van der Waals surface area contributed by atoms with Crippen LogP contribution in [0.4, 0.5) is 0 Å². The van der Waals surface area contributed by atoms with E-state index < -0.39 is 0 Å². The van der Waals surface area contributed by atoms with Crippen LogP contribution in [0, 0.1) is 6.92 Å². The first kappa shape index (κ1) is 13.5. The Bertz CT molecular complexity index is 553. The molecule has 0 bridgehead atoms. The zero-order valence-corrected chi connectivity index (χ0v) is 11.7. The van der Waals surface area contributed by atoms with Gasteiger partial charge in [0.25, 0.3) is 0 Å². The fourth-order valence-corrected chi connectivity index (χ4v) is 1.92. The van der Waals surface area contributed by atoms with E-state index in [2.05, 4.69) is 18.8 Å². The van der Waals surface area contributed by atoms with Crippen LogP contribution in [-0.4, -0.2) is 10.8 Å². The number of carbonyl (C=O) groups excluding carboxylic acids is 1. The van der Waals surface area contributed by atoms with Gasteiger partial charge in [-0.05, 0) is 30.0 Å². The fourth-order valence-electron chi connectivity index (χ4n) is 1.92. The lowest BCUT2D eigenvalue weighted by Crippen LogP contribution is -2.05. The van der Waals surface area contributed by atoms with E-state index in [1.807, 2.05) is 43.3 Å². The molecule has 0 unspecified atom stereocenters. The molecule has 2 rings (SSSR count). The Morgan fingerprint density at radius 3 is 2.32 bits per heavy atom. The number of ketones is 1. The van der Waals surface area contributed by atoms with Gasteiger partial charge in [-0.1, -0.05) is 44.2 Å². The molecule has 0 N–H and O–H groups in total. The van der Waals surface area contributed by atoms with Crippen LogP contribution in [0.15, 0.2) is 42.6 Å². The quantitative estimate of drug-likeness (QED) is 0.772. The average Bonchev–Trinajstić information content (AvgIpc) is 2.41. The number of rotatable bonds is 4. The molecule has 1 aromatic carbocycles. The molecule has 1 aromatic heterocycles. The molecular formula is C17H19NO. The van der Waals surface area contributed by atoms with Crippen molar-refractivity contribution in [3.05, 3.63) is 65.0 Å². The molecule has 0 atom stereocenters. The predicted molar refractivity (Wildman–Crippen MR) is 77.5 cm³/mol.